The summed E-state index contributed by atoms with van der Waals surface area (Å²) in [5.41, 5.74) is 6.31. The van der Waals surface area contributed by atoms with Gasteiger partial charge in [-0.2, -0.15) is 0 Å². The number of aryl methyl sites for hydroxylation is 1. The van der Waals surface area contributed by atoms with E-state index < -0.39 is 40.8 Å². The molecule has 3 N–H and O–H groups in total. The monoisotopic (exact) mass is 513 g/mol. The van der Waals surface area contributed by atoms with Crippen LogP contribution in [0.4, 0.5) is 18.4 Å². The first-order chi connectivity index (χ1) is 16.1. The molecule has 1 unspecified atom stereocenters. The van der Waals surface area contributed by atoms with Gasteiger partial charge in [-0.25, -0.2) is 33.6 Å². The smallest absolute Gasteiger partial charge is 0.426 e. The molecule has 192 valence electrons. The van der Waals surface area contributed by atoms with E-state index in [1.807, 2.05) is 6.92 Å². The second-order valence-corrected chi connectivity index (χ2v) is 11.5. The molecule has 3 amide bonds. The van der Waals surface area contributed by atoms with Crippen LogP contribution in [0.5, 0.6) is 0 Å². The van der Waals surface area contributed by atoms with E-state index in [0.717, 1.165) is 16.3 Å². The lowest BCUT2D eigenvalue weighted by Crippen LogP contribution is -2.49. The normalized spacial score (nSPS) is 22.7. The number of alkyl halides is 2. The number of hydrogen-bond donors (Lipinski definition) is 2. The highest BCUT2D eigenvalue weighted by atomic mass is 32.1. The number of nitrogens with one attached hydrogen (secondary N) is 1. The molecule has 2 aliphatic carbocycles. The van der Waals surface area contributed by atoms with E-state index in [0.29, 0.717) is 16.9 Å². The maximum atomic E-state index is 13.7. The van der Waals surface area contributed by atoms with Crippen LogP contribution in [0.15, 0.2) is 9.59 Å². The lowest BCUT2D eigenvalue weighted by molar-refractivity contribution is 0.0376. The Labute approximate surface area is 203 Å². The molecule has 13 heteroatoms. The summed E-state index contributed by atoms with van der Waals surface area (Å²) in [6.45, 7) is 8.14. The van der Waals surface area contributed by atoms with Gasteiger partial charge >= 0.3 is 17.8 Å². The Balaban J connectivity index is 1.76. The van der Waals surface area contributed by atoms with Crippen LogP contribution in [0.25, 0.3) is 10.2 Å². The van der Waals surface area contributed by atoms with Gasteiger partial charge in [0.1, 0.15) is 10.4 Å². The van der Waals surface area contributed by atoms with Crippen LogP contribution < -0.4 is 22.4 Å². The maximum absolute atomic E-state index is 13.7. The molecule has 0 spiro atoms. The number of nitrogens with zero attached hydrogens (tertiary/aromatic N) is 3. The van der Waals surface area contributed by atoms with Gasteiger partial charge in [-0.15, -0.1) is 11.3 Å². The Morgan fingerprint density at radius 1 is 1.31 bits per heavy atom. The van der Waals surface area contributed by atoms with E-state index in [9.17, 15) is 28.0 Å². The van der Waals surface area contributed by atoms with Gasteiger partial charge in [0.2, 0.25) is 0 Å². The lowest BCUT2D eigenvalue weighted by atomic mass is 10.2. The number of urea groups is 1. The van der Waals surface area contributed by atoms with Crippen LogP contribution in [0.2, 0.25) is 0 Å². The molecule has 2 aromatic rings. The van der Waals surface area contributed by atoms with E-state index in [-0.39, 0.29) is 41.7 Å². The molecular formula is C22H29F2N5O5S. The first-order valence-electron chi connectivity index (χ1n) is 11.3. The molecule has 2 aliphatic rings. The average molecular weight is 514 g/mol. The number of carbonyl (C=O) groups is 2. The molecule has 0 bridgehead atoms. The summed E-state index contributed by atoms with van der Waals surface area (Å²) in [4.78, 5) is 51.5. The van der Waals surface area contributed by atoms with Crippen LogP contribution in [-0.2, 0) is 17.8 Å². The number of halogens is 2. The molecular weight excluding hydrogens is 484 g/mol. The summed E-state index contributed by atoms with van der Waals surface area (Å²) in [7, 11) is 0. The van der Waals surface area contributed by atoms with Crippen molar-refractivity contribution in [3.05, 3.63) is 31.3 Å². The molecule has 0 aromatic carbocycles. The number of aromatic nitrogens is 2. The largest absolute Gasteiger partial charge is 0.443 e. The van der Waals surface area contributed by atoms with Crippen LogP contribution in [-0.4, -0.2) is 37.8 Å². The Morgan fingerprint density at radius 3 is 2.40 bits per heavy atom. The van der Waals surface area contributed by atoms with E-state index in [4.69, 9.17) is 10.5 Å². The van der Waals surface area contributed by atoms with Crippen LogP contribution >= 0.6 is 11.3 Å². The number of amides is 3. The molecule has 2 fully saturated rings. The maximum Gasteiger partial charge on any atom is 0.426 e. The van der Waals surface area contributed by atoms with Gasteiger partial charge < -0.3 is 10.5 Å². The van der Waals surface area contributed by atoms with Gasteiger partial charge in [-0.1, -0.05) is 6.92 Å². The number of ether oxygens (including phenoxy) is 1. The third-order valence-corrected chi connectivity index (χ3v) is 7.59. The number of rotatable bonds is 5. The molecule has 0 saturated heterocycles. The molecule has 3 atom stereocenters. The zero-order valence-corrected chi connectivity index (χ0v) is 21.0. The lowest BCUT2D eigenvalue weighted by Gasteiger charge is -2.24. The topological polar surface area (TPSA) is 129 Å². The summed E-state index contributed by atoms with van der Waals surface area (Å²) in [6.07, 6.45) is -0.550. The second kappa shape index (κ2) is 8.32. The summed E-state index contributed by atoms with van der Waals surface area (Å²) in [5.74, 6) is -3.68. The summed E-state index contributed by atoms with van der Waals surface area (Å²) in [6, 6.07) is -1.24. The number of carbonyl (C=O) groups excluding carboxylic acids is 2. The number of fused-ring (bicyclic) bond motifs is 1. The van der Waals surface area contributed by atoms with Crippen molar-refractivity contribution < 1.29 is 23.1 Å². The molecule has 0 aliphatic heterocycles. The predicted octanol–water partition coefficient (Wildman–Crippen LogP) is 3.09. The van der Waals surface area contributed by atoms with Crippen molar-refractivity contribution in [3.63, 3.8) is 0 Å². The Bertz CT molecular complexity index is 1320. The van der Waals surface area contributed by atoms with E-state index in [1.54, 1.807) is 27.7 Å². The third-order valence-electron chi connectivity index (χ3n) is 6.29. The van der Waals surface area contributed by atoms with Crippen molar-refractivity contribution in [1.82, 2.24) is 19.6 Å². The summed E-state index contributed by atoms with van der Waals surface area (Å²) < 4.78 is 35.0. The molecule has 4 rings (SSSR count). The number of nitrogens with two attached hydrogens (primary N) is 1. The molecule has 10 nitrogen and oxygen atoms in total. The standard InChI is InChI=1S/C22H29F2N5O5S/c1-10-6-13(10)29-16(30)15-11(2)14(9-28(18(25)31)26-19(32)34-21(3,4)5)35-17(15)27(20(29)33)8-12-7-22(12,23)24/h10,12-13H,6-9H2,1-5H3,(H2,25,31)(H,26,32)/t10-,12?,13-/m0/s1. The van der Waals surface area contributed by atoms with Crippen molar-refractivity contribution in [2.45, 2.75) is 78.1 Å². The van der Waals surface area contributed by atoms with E-state index in [1.165, 1.54) is 9.13 Å². The highest BCUT2D eigenvalue weighted by Gasteiger charge is 2.57. The quantitative estimate of drug-likeness (QED) is 0.594. The van der Waals surface area contributed by atoms with Crippen LogP contribution in [0, 0.1) is 18.8 Å². The van der Waals surface area contributed by atoms with Crippen molar-refractivity contribution >= 4 is 33.7 Å². The number of hydrazine groups is 1. The molecule has 2 heterocycles. The zero-order chi connectivity index (χ0) is 26.0. The fourth-order valence-corrected chi connectivity index (χ4v) is 5.38. The zero-order valence-electron chi connectivity index (χ0n) is 20.2. The predicted molar refractivity (Wildman–Crippen MR) is 125 cm³/mol. The van der Waals surface area contributed by atoms with Gasteiger partial charge in [-0.05, 0) is 45.6 Å². The van der Waals surface area contributed by atoms with Crippen molar-refractivity contribution in [1.29, 1.82) is 0 Å². The van der Waals surface area contributed by atoms with Crippen molar-refractivity contribution in [2.75, 3.05) is 0 Å². The molecule has 35 heavy (non-hydrogen) atoms. The third kappa shape index (κ3) is 4.91. The number of thiophene rings is 1. The van der Waals surface area contributed by atoms with Crippen molar-refractivity contribution in [3.8, 4) is 0 Å². The van der Waals surface area contributed by atoms with E-state index >= 15 is 0 Å². The minimum absolute atomic E-state index is 0.135. The van der Waals surface area contributed by atoms with Crippen LogP contribution in [0.3, 0.4) is 0 Å². The first-order valence-corrected chi connectivity index (χ1v) is 12.1. The van der Waals surface area contributed by atoms with Gasteiger partial charge in [0.25, 0.3) is 11.5 Å². The van der Waals surface area contributed by atoms with Gasteiger partial charge in [0.05, 0.1) is 11.9 Å². The Hall–Kier alpha value is -2.96. The Morgan fingerprint density at radius 2 is 1.91 bits per heavy atom. The van der Waals surface area contributed by atoms with Crippen molar-refractivity contribution in [2.24, 2.45) is 17.6 Å². The molecule has 2 aromatic heterocycles. The minimum Gasteiger partial charge on any atom is -0.443 e. The average Bonchev–Trinajstić information content (AvgIpc) is 3.53. The first kappa shape index (κ1) is 25.1. The fourth-order valence-electron chi connectivity index (χ4n) is 4.09. The van der Waals surface area contributed by atoms with Gasteiger partial charge in [0.15, 0.2) is 0 Å². The SMILES string of the molecule is Cc1c(CN(NC(=O)OC(C)(C)C)C(N)=O)sc2c1c(=O)n([C@H]1C[C@@H]1C)c(=O)n2CC1CC1(F)F. The highest BCUT2D eigenvalue weighted by molar-refractivity contribution is 7.18. The minimum atomic E-state index is -2.84. The summed E-state index contributed by atoms with van der Waals surface area (Å²) in [5, 5.41) is 1.08. The van der Waals surface area contributed by atoms with E-state index in [2.05, 4.69) is 5.43 Å². The number of primary amides is 1. The van der Waals surface area contributed by atoms with Crippen LogP contribution in [0.1, 0.15) is 57.0 Å². The fraction of sp³-hybridized carbons (Fsp3) is 0.636. The summed E-state index contributed by atoms with van der Waals surface area (Å²) >= 11 is 1.04. The molecule has 0 radical (unpaired) electrons. The Kier molecular flexibility index (Phi) is 5.97. The second-order valence-electron chi connectivity index (χ2n) is 10.4. The highest BCUT2D eigenvalue weighted by Crippen LogP contribution is 2.50. The van der Waals surface area contributed by atoms with Gasteiger partial charge in [0, 0.05) is 29.8 Å². The van der Waals surface area contributed by atoms with Gasteiger partial charge in [-0.3, -0.25) is 13.9 Å². The molecule has 2 saturated carbocycles. The number of hydrogen-bond acceptors (Lipinski definition) is 6.